The number of aryl methyl sites for hydroxylation is 3. The normalized spacial score (nSPS) is 11.4. The summed E-state index contributed by atoms with van der Waals surface area (Å²) < 4.78 is 2.86. The fourth-order valence-electron chi connectivity index (χ4n) is 3.79. The highest BCUT2D eigenvalue weighted by molar-refractivity contribution is 9.10. The van der Waals surface area contributed by atoms with Gasteiger partial charge in [-0.2, -0.15) is 0 Å². The van der Waals surface area contributed by atoms with Crippen molar-refractivity contribution in [1.82, 2.24) is 4.57 Å². The van der Waals surface area contributed by atoms with E-state index in [2.05, 4.69) is 47.1 Å². The van der Waals surface area contributed by atoms with Crippen molar-refractivity contribution in [3.63, 3.8) is 0 Å². The summed E-state index contributed by atoms with van der Waals surface area (Å²) in [7, 11) is 0. The van der Waals surface area contributed by atoms with Crippen molar-refractivity contribution in [2.75, 3.05) is 0 Å². The van der Waals surface area contributed by atoms with Gasteiger partial charge in [-0.15, -0.1) is 0 Å². The third kappa shape index (κ3) is 2.50. The van der Waals surface area contributed by atoms with E-state index in [1.807, 2.05) is 48.7 Å². The van der Waals surface area contributed by atoms with Gasteiger partial charge in [-0.3, -0.25) is 9.36 Å². The number of halogens is 1. The number of benzene rings is 3. The van der Waals surface area contributed by atoms with E-state index in [9.17, 15) is 4.79 Å². The highest BCUT2D eigenvalue weighted by Crippen LogP contribution is 2.32. The number of hydrogen-bond donors (Lipinski definition) is 0. The second-order valence-electron chi connectivity index (χ2n) is 6.59. The number of para-hydroxylation sites is 1. The quantitative estimate of drug-likeness (QED) is 0.380. The second-order valence-corrected chi connectivity index (χ2v) is 7.51. The number of carbonyl (C=O) groups excluding carboxylic acids is 1. The van der Waals surface area contributed by atoms with Gasteiger partial charge >= 0.3 is 0 Å². The first-order valence-corrected chi connectivity index (χ1v) is 9.08. The van der Waals surface area contributed by atoms with Gasteiger partial charge in [0.05, 0.1) is 11.0 Å². The second kappa shape index (κ2) is 5.85. The molecule has 124 valence electrons. The predicted molar refractivity (Wildman–Crippen MR) is 108 cm³/mol. The minimum atomic E-state index is 0.0310. The largest absolute Gasteiger partial charge is 0.276 e. The molecule has 0 fully saturated rings. The van der Waals surface area contributed by atoms with Gasteiger partial charge < -0.3 is 0 Å². The van der Waals surface area contributed by atoms with E-state index in [1.165, 1.54) is 5.56 Å². The van der Waals surface area contributed by atoms with Gasteiger partial charge in [-0.25, -0.2) is 0 Å². The molecule has 0 radical (unpaired) electrons. The van der Waals surface area contributed by atoms with E-state index < -0.39 is 0 Å². The summed E-state index contributed by atoms with van der Waals surface area (Å²) in [4.78, 5) is 13.5. The zero-order valence-corrected chi connectivity index (χ0v) is 16.0. The summed E-state index contributed by atoms with van der Waals surface area (Å²) in [5.74, 6) is 0.0310. The molecule has 2 nitrogen and oxygen atoms in total. The molecule has 0 spiro atoms. The first-order valence-electron chi connectivity index (χ1n) is 8.28. The fraction of sp³-hybridized carbons (Fsp3) is 0.136. The van der Waals surface area contributed by atoms with E-state index in [0.29, 0.717) is 0 Å². The molecule has 4 aromatic rings. The minimum absolute atomic E-state index is 0.0310. The van der Waals surface area contributed by atoms with Gasteiger partial charge in [0.25, 0.3) is 5.91 Å². The van der Waals surface area contributed by atoms with Gasteiger partial charge in [0.2, 0.25) is 0 Å². The van der Waals surface area contributed by atoms with Crippen LogP contribution in [0.15, 0.2) is 59.1 Å². The van der Waals surface area contributed by atoms with Gasteiger partial charge in [-0.1, -0.05) is 51.8 Å². The maximum atomic E-state index is 13.5. The predicted octanol–water partition coefficient (Wildman–Crippen LogP) is 6.17. The average Bonchev–Trinajstić information content (AvgIpc) is 2.87. The summed E-state index contributed by atoms with van der Waals surface area (Å²) in [5, 5.41) is 2.18. The van der Waals surface area contributed by atoms with Crippen molar-refractivity contribution < 1.29 is 4.79 Å². The van der Waals surface area contributed by atoms with Crippen molar-refractivity contribution in [3.05, 3.63) is 81.3 Å². The Morgan fingerprint density at radius 2 is 1.48 bits per heavy atom. The zero-order chi connectivity index (χ0) is 17.7. The molecule has 0 atom stereocenters. The van der Waals surface area contributed by atoms with Crippen molar-refractivity contribution in [3.8, 4) is 0 Å². The van der Waals surface area contributed by atoms with Gasteiger partial charge in [0, 0.05) is 20.8 Å². The SMILES string of the molecule is Cc1cc(C)c(C(=O)n2c3ccccc3c3cc(Br)ccc32)c(C)c1. The Balaban J connectivity index is 2.08. The maximum Gasteiger partial charge on any atom is 0.263 e. The summed E-state index contributed by atoms with van der Waals surface area (Å²) in [6.07, 6.45) is 0. The molecular weight excluding hydrogens is 374 g/mol. The molecule has 0 aliphatic rings. The summed E-state index contributed by atoms with van der Waals surface area (Å²) in [6, 6.07) is 18.3. The Morgan fingerprint density at radius 1 is 0.840 bits per heavy atom. The summed E-state index contributed by atoms with van der Waals surface area (Å²) in [6.45, 7) is 6.08. The average molecular weight is 392 g/mol. The highest BCUT2D eigenvalue weighted by Gasteiger charge is 2.20. The lowest BCUT2D eigenvalue weighted by atomic mass is 9.99. The molecule has 3 aromatic carbocycles. The van der Waals surface area contributed by atoms with Crippen molar-refractivity contribution in [2.24, 2.45) is 0 Å². The van der Waals surface area contributed by atoms with Crippen LogP contribution in [0.2, 0.25) is 0 Å². The third-order valence-electron chi connectivity index (χ3n) is 4.73. The first-order chi connectivity index (χ1) is 12.0. The van der Waals surface area contributed by atoms with Crippen LogP contribution >= 0.6 is 15.9 Å². The number of aromatic nitrogens is 1. The third-order valence-corrected chi connectivity index (χ3v) is 5.22. The molecular formula is C22H18BrNO. The molecule has 0 N–H and O–H groups in total. The van der Waals surface area contributed by atoms with Crippen LogP contribution in [-0.4, -0.2) is 10.5 Å². The molecule has 25 heavy (non-hydrogen) atoms. The lowest BCUT2D eigenvalue weighted by Gasteiger charge is -2.13. The van der Waals surface area contributed by atoms with Gasteiger partial charge in [0.1, 0.15) is 0 Å². The number of hydrogen-bond acceptors (Lipinski definition) is 1. The van der Waals surface area contributed by atoms with E-state index in [0.717, 1.165) is 43.0 Å². The molecule has 0 aliphatic heterocycles. The Kier molecular flexibility index (Phi) is 3.77. The Morgan fingerprint density at radius 3 is 2.20 bits per heavy atom. The molecule has 0 bridgehead atoms. The number of nitrogens with zero attached hydrogens (tertiary/aromatic N) is 1. The first kappa shape index (κ1) is 16.1. The molecule has 0 unspecified atom stereocenters. The van der Waals surface area contributed by atoms with Crippen LogP contribution in [0.25, 0.3) is 21.8 Å². The van der Waals surface area contributed by atoms with Crippen molar-refractivity contribution in [2.45, 2.75) is 20.8 Å². The Bertz CT molecular complexity index is 1130. The van der Waals surface area contributed by atoms with Crippen molar-refractivity contribution in [1.29, 1.82) is 0 Å². The van der Waals surface area contributed by atoms with Crippen LogP contribution in [0.3, 0.4) is 0 Å². The molecule has 0 saturated heterocycles. The molecule has 0 aliphatic carbocycles. The fourth-order valence-corrected chi connectivity index (χ4v) is 4.15. The Labute approximate surface area is 155 Å². The van der Waals surface area contributed by atoms with Crippen LogP contribution in [0.5, 0.6) is 0 Å². The van der Waals surface area contributed by atoms with Crippen LogP contribution in [0.4, 0.5) is 0 Å². The van der Waals surface area contributed by atoms with E-state index in [4.69, 9.17) is 0 Å². The maximum absolute atomic E-state index is 13.5. The van der Waals surface area contributed by atoms with Gasteiger partial charge in [0.15, 0.2) is 0 Å². The lowest BCUT2D eigenvalue weighted by molar-refractivity contribution is 0.0968. The standard InChI is InChI=1S/C22H18BrNO/c1-13-10-14(2)21(15(3)11-13)22(25)24-19-7-5-4-6-17(19)18-12-16(23)8-9-20(18)24/h4-12H,1-3H3. The van der Waals surface area contributed by atoms with E-state index in [1.54, 1.807) is 0 Å². The highest BCUT2D eigenvalue weighted by atomic mass is 79.9. The number of fused-ring (bicyclic) bond motifs is 3. The van der Waals surface area contributed by atoms with Crippen LogP contribution in [0.1, 0.15) is 27.0 Å². The lowest BCUT2D eigenvalue weighted by Crippen LogP contribution is -2.15. The van der Waals surface area contributed by atoms with Gasteiger partial charge in [-0.05, 0) is 56.2 Å². The smallest absolute Gasteiger partial charge is 0.263 e. The Hall–Kier alpha value is -2.39. The van der Waals surface area contributed by atoms with Crippen molar-refractivity contribution >= 4 is 43.6 Å². The molecule has 1 heterocycles. The van der Waals surface area contributed by atoms with Crippen LogP contribution in [0, 0.1) is 20.8 Å². The molecule has 4 rings (SSSR count). The number of carbonyl (C=O) groups is 1. The van der Waals surface area contributed by atoms with E-state index >= 15 is 0 Å². The van der Waals surface area contributed by atoms with E-state index in [-0.39, 0.29) is 5.91 Å². The molecule has 0 amide bonds. The van der Waals surface area contributed by atoms with Crippen LogP contribution < -0.4 is 0 Å². The zero-order valence-electron chi connectivity index (χ0n) is 14.4. The van der Waals surface area contributed by atoms with Crippen LogP contribution in [-0.2, 0) is 0 Å². The summed E-state index contributed by atoms with van der Waals surface area (Å²) >= 11 is 3.55. The number of rotatable bonds is 1. The monoisotopic (exact) mass is 391 g/mol. The molecule has 3 heteroatoms. The molecule has 0 saturated carbocycles. The topological polar surface area (TPSA) is 22.0 Å². The summed E-state index contributed by atoms with van der Waals surface area (Å²) in [5.41, 5.74) is 5.89. The minimum Gasteiger partial charge on any atom is -0.276 e. The molecule has 1 aromatic heterocycles.